The van der Waals surface area contributed by atoms with Crippen LogP contribution in [0.1, 0.15) is 43.4 Å². The third-order valence-electron chi connectivity index (χ3n) is 4.35. The molecular formula is C18H27N3O2. The van der Waals surface area contributed by atoms with E-state index in [1.54, 1.807) is 0 Å². The van der Waals surface area contributed by atoms with Crippen LogP contribution in [0.4, 0.5) is 0 Å². The van der Waals surface area contributed by atoms with Crippen LogP contribution in [-0.4, -0.2) is 42.9 Å². The fourth-order valence-electron chi connectivity index (χ4n) is 3.10. The minimum atomic E-state index is -0.104. The molecule has 2 rings (SSSR count). The predicted octanol–water partition coefficient (Wildman–Crippen LogP) is 1.77. The molecule has 126 valence electrons. The second kappa shape index (κ2) is 8.67. The molecule has 1 saturated heterocycles. The van der Waals surface area contributed by atoms with Crippen LogP contribution in [-0.2, 0) is 9.59 Å². The molecule has 1 heterocycles. The molecule has 1 aromatic carbocycles. The summed E-state index contributed by atoms with van der Waals surface area (Å²) in [4.78, 5) is 25.3. The van der Waals surface area contributed by atoms with Crippen LogP contribution in [0.15, 0.2) is 24.3 Å². The van der Waals surface area contributed by atoms with Crippen molar-refractivity contribution in [2.24, 2.45) is 0 Å². The zero-order chi connectivity index (χ0) is 16.7. The molecule has 0 aromatic heterocycles. The number of amides is 2. The third-order valence-corrected chi connectivity index (χ3v) is 4.35. The van der Waals surface area contributed by atoms with Gasteiger partial charge in [0.05, 0.1) is 6.04 Å². The zero-order valence-corrected chi connectivity index (χ0v) is 14.1. The van der Waals surface area contributed by atoms with Crippen molar-refractivity contribution >= 4 is 11.8 Å². The molecule has 1 aliphatic heterocycles. The van der Waals surface area contributed by atoms with Crippen molar-refractivity contribution in [3.8, 4) is 0 Å². The predicted molar refractivity (Wildman–Crippen MR) is 91.0 cm³/mol. The minimum Gasteiger partial charge on any atom is -0.356 e. The monoisotopic (exact) mass is 317 g/mol. The molecule has 0 bridgehead atoms. The first kappa shape index (κ1) is 17.5. The maximum Gasteiger partial charge on any atom is 0.221 e. The molecule has 2 amide bonds. The second-order valence-corrected chi connectivity index (χ2v) is 6.15. The quantitative estimate of drug-likeness (QED) is 0.806. The lowest BCUT2D eigenvalue weighted by Gasteiger charge is -2.29. The van der Waals surface area contributed by atoms with Crippen LogP contribution in [0, 0.1) is 6.92 Å². The molecule has 0 radical (unpaired) electrons. The van der Waals surface area contributed by atoms with Gasteiger partial charge < -0.3 is 10.6 Å². The van der Waals surface area contributed by atoms with Crippen molar-refractivity contribution in [2.75, 3.05) is 26.2 Å². The Balaban J connectivity index is 1.94. The van der Waals surface area contributed by atoms with Gasteiger partial charge in [-0.25, -0.2) is 0 Å². The number of nitrogens with one attached hydrogen (secondary N) is 2. The van der Waals surface area contributed by atoms with Crippen LogP contribution < -0.4 is 10.6 Å². The molecule has 0 spiro atoms. The highest BCUT2D eigenvalue weighted by atomic mass is 16.2. The van der Waals surface area contributed by atoms with E-state index in [9.17, 15) is 9.59 Å². The number of nitrogens with zero attached hydrogens (tertiary/aromatic N) is 1. The van der Waals surface area contributed by atoms with E-state index in [4.69, 9.17) is 0 Å². The van der Waals surface area contributed by atoms with Crippen LogP contribution in [0.2, 0.25) is 0 Å². The summed E-state index contributed by atoms with van der Waals surface area (Å²) < 4.78 is 0. The van der Waals surface area contributed by atoms with E-state index in [1.807, 2.05) is 6.07 Å². The molecule has 5 heteroatoms. The van der Waals surface area contributed by atoms with E-state index < -0.39 is 0 Å². The highest BCUT2D eigenvalue weighted by Gasteiger charge is 2.24. The van der Waals surface area contributed by atoms with Gasteiger partial charge in [-0.2, -0.15) is 0 Å². The van der Waals surface area contributed by atoms with Crippen molar-refractivity contribution < 1.29 is 9.59 Å². The Hall–Kier alpha value is -1.88. The first-order valence-electron chi connectivity index (χ1n) is 8.38. The molecule has 1 aromatic rings. The lowest BCUT2D eigenvalue weighted by Crippen LogP contribution is -2.38. The van der Waals surface area contributed by atoms with Gasteiger partial charge in [-0.3, -0.25) is 14.5 Å². The van der Waals surface area contributed by atoms with Gasteiger partial charge in [-0.1, -0.05) is 24.3 Å². The van der Waals surface area contributed by atoms with Gasteiger partial charge in [-0.15, -0.1) is 0 Å². The normalized spacial score (nSPS) is 16.1. The van der Waals surface area contributed by atoms with Crippen molar-refractivity contribution in [3.63, 3.8) is 0 Å². The van der Waals surface area contributed by atoms with Crippen LogP contribution in [0.25, 0.3) is 0 Å². The van der Waals surface area contributed by atoms with Crippen LogP contribution >= 0.6 is 0 Å². The Bertz CT molecular complexity index is 539. The van der Waals surface area contributed by atoms with Crippen molar-refractivity contribution in [1.29, 1.82) is 0 Å². The number of likely N-dealkylation sites (tertiary alicyclic amines) is 1. The maximum atomic E-state index is 12.0. The summed E-state index contributed by atoms with van der Waals surface area (Å²) in [5, 5.41) is 5.68. The van der Waals surface area contributed by atoms with E-state index in [-0.39, 0.29) is 17.9 Å². The molecular weight excluding hydrogens is 290 g/mol. The Kier molecular flexibility index (Phi) is 6.59. The molecule has 2 N–H and O–H groups in total. The Morgan fingerprint density at radius 3 is 2.52 bits per heavy atom. The fraction of sp³-hybridized carbons (Fsp3) is 0.556. The van der Waals surface area contributed by atoms with E-state index >= 15 is 0 Å². The van der Waals surface area contributed by atoms with Crippen LogP contribution in [0.3, 0.4) is 0 Å². The molecule has 1 fully saturated rings. The number of hydrogen-bond acceptors (Lipinski definition) is 3. The summed E-state index contributed by atoms with van der Waals surface area (Å²) in [6.07, 6.45) is 2.76. The highest BCUT2D eigenvalue weighted by molar-refractivity contribution is 5.77. The number of benzene rings is 1. The number of carbonyl (C=O) groups is 2. The zero-order valence-electron chi connectivity index (χ0n) is 14.1. The molecule has 1 atom stereocenters. The van der Waals surface area contributed by atoms with E-state index in [1.165, 1.54) is 30.9 Å². The Labute approximate surface area is 138 Å². The topological polar surface area (TPSA) is 61.4 Å². The van der Waals surface area contributed by atoms with Gasteiger partial charge in [0, 0.05) is 26.4 Å². The van der Waals surface area contributed by atoms with Gasteiger partial charge in [-0.05, 0) is 44.0 Å². The largest absolute Gasteiger partial charge is 0.356 e. The summed E-state index contributed by atoms with van der Waals surface area (Å²) in [6.45, 7) is 6.75. The number of carbonyl (C=O) groups excluding carboxylic acids is 2. The lowest BCUT2D eigenvalue weighted by molar-refractivity contribution is -0.121. The Morgan fingerprint density at radius 2 is 1.87 bits per heavy atom. The molecule has 1 aliphatic rings. The number of hydrogen-bond donors (Lipinski definition) is 2. The van der Waals surface area contributed by atoms with Crippen LogP contribution in [0.5, 0.6) is 0 Å². The lowest BCUT2D eigenvalue weighted by atomic mass is 10.00. The Morgan fingerprint density at radius 1 is 1.17 bits per heavy atom. The highest BCUT2D eigenvalue weighted by Crippen LogP contribution is 2.26. The van der Waals surface area contributed by atoms with Gasteiger partial charge >= 0.3 is 0 Å². The smallest absolute Gasteiger partial charge is 0.221 e. The molecule has 5 nitrogen and oxygen atoms in total. The second-order valence-electron chi connectivity index (χ2n) is 6.15. The van der Waals surface area contributed by atoms with Crippen molar-refractivity contribution in [2.45, 2.75) is 39.2 Å². The molecule has 23 heavy (non-hydrogen) atoms. The number of rotatable bonds is 7. The van der Waals surface area contributed by atoms with E-state index in [2.05, 4.69) is 40.7 Å². The van der Waals surface area contributed by atoms with E-state index in [0.717, 1.165) is 13.1 Å². The molecule has 0 saturated carbocycles. The average Bonchev–Trinajstić information content (AvgIpc) is 3.03. The first-order valence-corrected chi connectivity index (χ1v) is 8.38. The van der Waals surface area contributed by atoms with Gasteiger partial charge in [0.15, 0.2) is 0 Å². The summed E-state index contributed by atoms with van der Waals surface area (Å²) in [7, 11) is 0. The SMILES string of the molecule is CC(=O)NCCC(=O)NCC(c1ccccc1C)N1CCCC1. The summed E-state index contributed by atoms with van der Waals surface area (Å²) in [6, 6.07) is 8.61. The minimum absolute atomic E-state index is 0.0171. The summed E-state index contributed by atoms with van der Waals surface area (Å²) >= 11 is 0. The molecule has 1 unspecified atom stereocenters. The van der Waals surface area contributed by atoms with E-state index in [0.29, 0.717) is 19.5 Å². The fourth-order valence-corrected chi connectivity index (χ4v) is 3.10. The average molecular weight is 317 g/mol. The van der Waals surface area contributed by atoms with Crippen molar-refractivity contribution in [3.05, 3.63) is 35.4 Å². The molecule has 0 aliphatic carbocycles. The van der Waals surface area contributed by atoms with Gasteiger partial charge in [0.25, 0.3) is 0 Å². The summed E-state index contributed by atoms with van der Waals surface area (Å²) in [5.74, 6) is -0.121. The summed E-state index contributed by atoms with van der Waals surface area (Å²) in [5.41, 5.74) is 2.55. The van der Waals surface area contributed by atoms with Crippen molar-refractivity contribution in [1.82, 2.24) is 15.5 Å². The van der Waals surface area contributed by atoms with Gasteiger partial charge in [0.2, 0.25) is 11.8 Å². The van der Waals surface area contributed by atoms with Gasteiger partial charge in [0.1, 0.15) is 0 Å². The standard InChI is InChI=1S/C18H27N3O2/c1-14-7-3-4-8-16(14)17(21-11-5-6-12-21)13-20-18(23)9-10-19-15(2)22/h3-4,7-8,17H,5-6,9-13H2,1-2H3,(H,19,22)(H,20,23). The first-order chi connectivity index (χ1) is 11.1. The third kappa shape index (κ3) is 5.36. The number of aryl methyl sites for hydroxylation is 1. The maximum absolute atomic E-state index is 12.0.